The maximum atomic E-state index is 15.0. The van der Waals surface area contributed by atoms with E-state index >= 15 is 4.79 Å². The minimum Gasteiger partial charge on any atom is -0.461 e. The van der Waals surface area contributed by atoms with Crippen LogP contribution in [0, 0.1) is 31.6 Å². The van der Waals surface area contributed by atoms with Crippen molar-refractivity contribution in [3.8, 4) is 0 Å². The number of anilines is 1. The number of carbonyl (C=O) groups excluding carboxylic acids is 3. The zero-order valence-electron chi connectivity index (χ0n) is 24.8. The second kappa shape index (κ2) is 11.2. The van der Waals surface area contributed by atoms with E-state index in [9.17, 15) is 14.7 Å². The Morgan fingerprint density at radius 1 is 1.14 bits per heavy atom. The Labute approximate surface area is 247 Å². The van der Waals surface area contributed by atoms with Gasteiger partial charge in [-0.25, -0.2) is 0 Å². The van der Waals surface area contributed by atoms with E-state index in [0.717, 1.165) is 16.8 Å². The Bertz CT molecular complexity index is 1390. The van der Waals surface area contributed by atoms with Gasteiger partial charge >= 0.3 is 5.97 Å². The number of rotatable bonds is 10. The molecule has 2 aromatic carbocycles. The minimum absolute atomic E-state index is 0.00271. The van der Waals surface area contributed by atoms with Crippen LogP contribution < -0.4 is 4.90 Å². The maximum absolute atomic E-state index is 15.0. The molecule has 2 amide bonds. The molecule has 8 heteroatoms. The molecule has 5 rings (SSSR count). The molecular formula is C34H40N2O6. The van der Waals surface area contributed by atoms with E-state index in [1.807, 2.05) is 76.2 Å². The Balaban J connectivity index is 1.71. The molecule has 3 heterocycles. The van der Waals surface area contributed by atoms with Crippen molar-refractivity contribution >= 4 is 23.5 Å². The van der Waals surface area contributed by atoms with E-state index < -0.39 is 53.6 Å². The van der Waals surface area contributed by atoms with Crippen LogP contribution in [0.1, 0.15) is 43.0 Å². The number of para-hydroxylation sites is 1. The number of hydrogen-bond acceptors (Lipinski definition) is 6. The van der Waals surface area contributed by atoms with Gasteiger partial charge in [0.25, 0.3) is 5.91 Å². The number of esters is 1. The molecular weight excluding hydrogens is 532 g/mol. The van der Waals surface area contributed by atoms with Crippen molar-refractivity contribution in [3.63, 3.8) is 0 Å². The molecule has 3 aliphatic heterocycles. The molecule has 2 bridgehead atoms. The fraction of sp³-hybridized carbons (Fsp3) is 0.441. The van der Waals surface area contributed by atoms with Gasteiger partial charge in [0.1, 0.15) is 24.2 Å². The van der Waals surface area contributed by atoms with Crippen LogP contribution in [0.4, 0.5) is 5.69 Å². The van der Waals surface area contributed by atoms with Crippen LogP contribution in [0.15, 0.2) is 73.8 Å². The largest absolute Gasteiger partial charge is 0.461 e. The summed E-state index contributed by atoms with van der Waals surface area (Å²) in [6, 6.07) is 13.1. The zero-order valence-corrected chi connectivity index (χ0v) is 24.8. The number of aryl methyl sites for hydroxylation is 2. The van der Waals surface area contributed by atoms with Crippen LogP contribution in [0.25, 0.3) is 0 Å². The van der Waals surface area contributed by atoms with Crippen molar-refractivity contribution < 1.29 is 29.0 Å². The first-order chi connectivity index (χ1) is 20.1. The molecule has 0 saturated carbocycles. The Hall–Kier alpha value is -3.75. The standard InChI is InChI=1S/C34H40N2O6/c1-7-17-35(28-21(3)13-12-14-22(28)4)31(39)29-34-19-23(5)33(6,42-34)27(32(40)41-18-8-2)26(34)30(38)36(29)25(20-37)24-15-10-9-11-16-24/h7-16,23,25-27,29,37H,1-2,17-20H2,3-6H3/t23?,25-,26+,27+,29?,33-,34?/m1/s1. The third-order valence-electron chi connectivity index (χ3n) is 9.56. The highest BCUT2D eigenvalue weighted by molar-refractivity contribution is 6.05. The number of likely N-dealkylation sites (tertiary alicyclic amines) is 1. The molecule has 0 radical (unpaired) electrons. The summed E-state index contributed by atoms with van der Waals surface area (Å²) in [5.74, 6) is -3.30. The summed E-state index contributed by atoms with van der Waals surface area (Å²) in [7, 11) is 0. The zero-order chi connectivity index (χ0) is 30.4. The van der Waals surface area contributed by atoms with Gasteiger partial charge in [-0.1, -0.05) is 74.2 Å². The van der Waals surface area contributed by atoms with Crippen LogP contribution in [-0.4, -0.2) is 64.8 Å². The fourth-order valence-electron chi connectivity index (χ4n) is 7.71. The Morgan fingerprint density at radius 3 is 2.40 bits per heavy atom. The summed E-state index contributed by atoms with van der Waals surface area (Å²) in [4.78, 5) is 46.4. The second-order valence-electron chi connectivity index (χ2n) is 12.0. The van der Waals surface area contributed by atoms with Crippen molar-refractivity contribution in [3.05, 3.63) is 90.5 Å². The summed E-state index contributed by atoms with van der Waals surface area (Å²) in [6.07, 6.45) is 3.55. The summed E-state index contributed by atoms with van der Waals surface area (Å²) < 4.78 is 12.4. The minimum atomic E-state index is -1.29. The van der Waals surface area contributed by atoms with E-state index in [-0.39, 0.29) is 25.0 Å². The van der Waals surface area contributed by atoms with Crippen LogP contribution in [0.5, 0.6) is 0 Å². The lowest BCUT2D eigenvalue weighted by Crippen LogP contribution is -2.57. The molecule has 42 heavy (non-hydrogen) atoms. The summed E-state index contributed by atoms with van der Waals surface area (Å²) in [5.41, 5.74) is 0.929. The summed E-state index contributed by atoms with van der Waals surface area (Å²) in [5, 5.41) is 10.8. The molecule has 3 fully saturated rings. The number of carbonyl (C=O) groups is 3. The number of hydrogen-bond donors (Lipinski definition) is 1. The summed E-state index contributed by atoms with van der Waals surface area (Å²) in [6.45, 7) is 15.1. The van der Waals surface area contributed by atoms with Crippen molar-refractivity contribution in [1.82, 2.24) is 4.90 Å². The lowest BCUT2D eigenvalue weighted by molar-refractivity contribution is -0.161. The fourth-order valence-corrected chi connectivity index (χ4v) is 7.71. The monoisotopic (exact) mass is 572 g/mol. The average Bonchev–Trinajstić information content (AvgIpc) is 3.48. The van der Waals surface area contributed by atoms with Gasteiger partial charge < -0.3 is 24.4 Å². The number of amides is 2. The SMILES string of the molecule is C=CCOC(=O)[C@@H]1[C@H]2C(=O)N([C@H](CO)c3ccccc3)C(C(=O)N(CC=C)c3c(C)cccc3C)C23CC(C)[C@@]1(C)O3. The Kier molecular flexibility index (Phi) is 7.89. The van der Waals surface area contributed by atoms with Crippen LogP contribution in [0.2, 0.25) is 0 Å². The first-order valence-corrected chi connectivity index (χ1v) is 14.5. The number of benzene rings is 2. The van der Waals surface area contributed by atoms with Gasteiger partial charge in [-0.15, -0.1) is 6.58 Å². The molecule has 222 valence electrons. The second-order valence-corrected chi connectivity index (χ2v) is 12.0. The molecule has 8 nitrogen and oxygen atoms in total. The first-order valence-electron chi connectivity index (χ1n) is 14.5. The van der Waals surface area contributed by atoms with E-state index in [2.05, 4.69) is 13.2 Å². The normalized spacial score (nSPS) is 30.1. The smallest absolute Gasteiger partial charge is 0.313 e. The number of aliphatic hydroxyl groups is 1. The molecule has 0 aromatic heterocycles. The first kappa shape index (κ1) is 29.7. The molecule has 1 spiro atoms. The van der Waals surface area contributed by atoms with Crippen molar-refractivity contribution in [1.29, 1.82) is 0 Å². The van der Waals surface area contributed by atoms with E-state index in [0.29, 0.717) is 12.0 Å². The number of nitrogens with zero attached hydrogens (tertiary/aromatic N) is 2. The third kappa shape index (κ3) is 4.31. The molecule has 0 aliphatic carbocycles. The lowest BCUT2D eigenvalue weighted by atomic mass is 9.62. The molecule has 3 aliphatic rings. The van der Waals surface area contributed by atoms with Crippen molar-refractivity contribution in [2.75, 3.05) is 24.7 Å². The van der Waals surface area contributed by atoms with Crippen LogP contribution in [0.3, 0.4) is 0 Å². The van der Waals surface area contributed by atoms with Crippen LogP contribution in [-0.2, 0) is 23.9 Å². The number of ether oxygens (including phenoxy) is 2. The van der Waals surface area contributed by atoms with Gasteiger partial charge in [0, 0.05) is 12.2 Å². The van der Waals surface area contributed by atoms with E-state index in [1.54, 1.807) is 11.0 Å². The van der Waals surface area contributed by atoms with Gasteiger partial charge in [-0.3, -0.25) is 14.4 Å². The van der Waals surface area contributed by atoms with E-state index in [1.165, 1.54) is 11.0 Å². The molecule has 7 atom stereocenters. The van der Waals surface area contributed by atoms with Crippen LogP contribution >= 0.6 is 0 Å². The summed E-state index contributed by atoms with van der Waals surface area (Å²) >= 11 is 0. The average molecular weight is 573 g/mol. The van der Waals surface area contributed by atoms with Crippen molar-refractivity contribution in [2.45, 2.75) is 57.4 Å². The molecule has 3 saturated heterocycles. The van der Waals surface area contributed by atoms with Gasteiger partial charge in [0.05, 0.1) is 24.2 Å². The van der Waals surface area contributed by atoms with Gasteiger partial charge in [0.15, 0.2) is 0 Å². The molecule has 1 N–H and O–H groups in total. The number of aliphatic hydroxyl groups excluding tert-OH is 1. The quantitative estimate of drug-likeness (QED) is 0.337. The highest BCUT2D eigenvalue weighted by atomic mass is 16.6. The third-order valence-corrected chi connectivity index (χ3v) is 9.56. The molecule has 3 unspecified atom stereocenters. The van der Waals surface area contributed by atoms with E-state index in [4.69, 9.17) is 9.47 Å². The highest BCUT2D eigenvalue weighted by Crippen LogP contribution is 2.66. The van der Waals surface area contributed by atoms with Crippen molar-refractivity contribution in [2.24, 2.45) is 17.8 Å². The molecule has 2 aromatic rings. The topological polar surface area (TPSA) is 96.4 Å². The predicted octanol–water partition coefficient (Wildman–Crippen LogP) is 4.30. The number of fused-ring (bicyclic) bond motifs is 1. The maximum Gasteiger partial charge on any atom is 0.313 e. The lowest BCUT2D eigenvalue weighted by Gasteiger charge is -2.40. The van der Waals surface area contributed by atoms with Gasteiger partial charge in [0.2, 0.25) is 5.91 Å². The highest BCUT2D eigenvalue weighted by Gasteiger charge is 2.81. The predicted molar refractivity (Wildman–Crippen MR) is 160 cm³/mol. The van der Waals surface area contributed by atoms with Gasteiger partial charge in [-0.05, 0) is 49.8 Å². The Morgan fingerprint density at radius 2 is 1.81 bits per heavy atom. The van der Waals surface area contributed by atoms with Gasteiger partial charge in [-0.2, -0.15) is 0 Å².